The molecule has 0 aliphatic rings. The number of alkyl halides is 1. The van der Waals surface area contributed by atoms with Gasteiger partial charge in [-0.15, -0.1) is 11.3 Å². The van der Waals surface area contributed by atoms with Crippen LogP contribution < -0.4 is 14.4 Å². The fourth-order valence-corrected chi connectivity index (χ4v) is 5.31. The number of aromatic nitrogens is 4. The minimum atomic E-state index is -1.22. The second kappa shape index (κ2) is 11.0. The minimum Gasteiger partial charge on any atom is -0.495 e. The van der Waals surface area contributed by atoms with Crippen molar-refractivity contribution < 1.29 is 28.2 Å². The van der Waals surface area contributed by atoms with Crippen LogP contribution in [0.3, 0.4) is 0 Å². The van der Waals surface area contributed by atoms with Crippen LogP contribution in [0.2, 0.25) is 0 Å². The maximum Gasteiger partial charge on any atom is 0.412 e. The molecule has 0 spiro atoms. The lowest BCUT2D eigenvalue weighted by Crippen LogP contribution is -2.46. The molecule has 2 atom stereocenters. The molecule has 0 bridgehead atoms. The molecule has 0 saturated carbocycles. The van der Waals surface area contributed by atoms with Crippen LogP contribution in [0.5, 0.6) is 11.5 Å². The number of anilines is 1. The normalized spacial score (nSPS) is 12.8. The van der Waals surface area contributed by atoms with Crippen molar-refractivity contribution in [3.8, 4) is 22.1 Å². The third kappa shape index (κ3) is 5.22. The Balaban J connectivity index is 1.47. The summed E-state index contributed by atoms with van der Waals surface area (Å²) >= 11 is 1.29. The van der Waals surface area contributed by atoms with Gasteiger partial charge >= 0.3 is 6.09 Å². The van der Waals surface area contributed by atoms with E-state index in [1.807, 2.05) is 0 Å². The van der Waals surface area contributed by atoms with Crippen molar-refractivity contribution in [2.24, 2.45) is 0 Å². The van der Waals surface area contributed by atoms with Crippen molar-refractivity contribution in [3.05, 3.63) is 66.1 Å². The highest BCUT2D eigenvalue weighted by Gasteiger charge is 2.29. The van der Waals surface area contributed by atoms with E-state index in [4.69, 9.17) is 9.47 Å². The van der Waals surface area contributed by atoms with Gasteiger partial charge in [0.15, 0.2) is 11.6 Å². The first-order chi connectivity index (χ1) is 19.2. The Bertz CT molecular complexity index is 1710. The van der Waals surface area contributed by atoms with Crippen molar-refractivity contribution in [1.29, 1.82) is 0 Å². The molecule has 12 heteroatoms. The molecule has 3 aromatic heterocycles. The Morgan fingerprint density at radius 2 is 1.85 bits per heavy atom. The van der Waals surface area contributed by atoms with Crippen LogP contribution in [0.15, 0.2) is 48.9 Å². The van der Waals surface area contributed by atoms with E-state index < -0.39 is 30.7 Å². The van der Waals surface area contributed by atoms with E-state index in [0.29, 0.717) is 48.8 Å². The maximum absolute atomic E-state index is 15.2. The van der Waals surface area contributed by atoms with Gasteiger partial charge in [0, 0.05) is 23.1 Å². The summed E-state index contributed by atoms with van der Waals surface area (Å²) in [5, 5.41) is 11.1. The second-order valence-electron chi connectivity index (χ2n) is 9.20. The van der Waals surface area contributed by atoms with Crippen molar-refractivity contribution in [2.75, 3.05) is 12.0 Å². The molecule has 3 heterocycles. The van der Waals surface area contributed by atoms with Gasteiger partial charge in [-0.3, -0.25) is 9.88 Å². The molecule has 0 aliphatic carbocycles. The number of ether oxygens (including phenoxy) is 2. The SMILES string of the molecule is COc1cnc2c(-c3nc4cc(F)c(O[C@@H](C)[C@@H](C)N(C(=O)O)c5cnc(C)nc5)cc4s3)cc(CF)cc2c1. The first-order valence-electron chi connectivity index (χ1n) is 12.3. The van der Waals surface area contributed by atoms with Crippen LogP contribution in [-0.2, 0) is 6.67 Å². The van der Waals surface area contributed by atoms with Gasteiger partial charge in [0.2, 0.25) is 0 Å². The third-order valence-electron chi connectivity index (χ3n) is 6.53. The lowest BCUT2D eigenvalue weighted by Gasteiger charge is -2.30. The summed E-state index contributed by atoms with van der Waals surface area (Å²) in [5.41, 5.74) is 2.37. The average molecular weight is 566 g/mol. The zero-order valence-corrected chi connectivity index (χ0v) is 22.9. The number of carbonyl (C=O) groups is 1. The Labute approximate surface area is 232 Å². The minimum absolute atomic E-state index is 0.0437. The number of nitrogens with zero attached hydrogens (tertiary/aromatic N) is 5. The second-order valence-corrected chi connectivity index (χ2v) is 10.2. The average Bonchev–Trinajstić information content (AvgIpc) is 3.35. The summed E-state index contributed by atoms with van der Waals surface area (Å²) in [5.74, 6) is 0.361. The molecule has 1 N–H and O–H groups in total. The number of fused-ring (bicyclic) bond motifs is 2. The first kappa shape index (κ1) is 27.1. The summed E-state index contributed by atoms with van der Waals surface area (Å²) in [4.78, 5) is 30.3. The number of thiazole rings is 1. The van der Waals surface area contributed by atoms with Crippen LogP contribution in [-0.4, -0.2) is 50.4 Å². The molecule has 40 heavy (non-hydrogen) atoms. The maximum atomic E-state index is 15.2. The summed E-state index contributed by atoms with van der Waals surface area (Å²) in [6.07, 6.45) is 2.45. The lowest BCUT2D eigenvalue weighted by molar-refractivity contribution is 0.167. The largest absolute Gasteiger partial charge is 0.495 e. The van der Waals surface area contributed by atoms with E-state index in [1.165, 1.54) is 43.0 Å². The fourth-order valence-electron chi connectivity index (χ4n) is 4.32. The highest BCUT2D eigenvalue weighted by atomic mass is 32.1. The van der Waals surface area contributed by atoms with Gasteiger partial charge < -0.3 is 14.6 Å². The summed E-state index contributed by atoms with van der Waals surface area (Å²) in [7, 11) is 1.53. The molecule has 9 nitrogen and oxygen atoms in total. The number of amides is 1. The van der Waals surface area contributed by atoms with Crippen LogP contribution in [0.4, 0.5) is 19.3 Å². The van der Waals surface area contributed by atoms with E-state index in [-0.39, 0.29) is 11.4 Å². The molecule has 2 aromatic carbocycles. The number of pyridine rings is 1. The van der Waals surface area contributed by atoms with Gasteiger partial charge in [0.25, 0.3) is 0 Å². The van der Waals surface area contributed by atoms with Gasteiger partial charge in [-0.25, -0.2) is 28.5 Å². The highest BCUT2D eigenvalue weighted by molar-refractivity contribution is 7.21. The molecule has 206 valence electrons. The Hall–Kier alpha value is -4.45. The molecular formula is C28H25F2N5O4S. The van der Waals surface area contributed by atoms with Crippen LogP contribution in [0, 0.1) is 12.7 Å². The number of halogens is 2. The van der Waals surface area contributed by atoms with Gasteiger partial charge in [0.05, 0.1) is 53.2 Å². The summed E-state index contributed by atoms with van der Waals surface area (Å²) < 4.78 is 40.6. The molecule has 0 saturated heterocycles. The topological polar surface area (TPSA) is 111 Å². The number of hydrogen-bond acceptors (Lipinski definition) is 8. The lowest BCUT2D eigenvalue weighted by atomic mass is 10.1. The molecule has 0 aliphatic heterocycles. The van der Waals surface area contributed by atoms with Crippen molar-refractivity contribution in [1.82, 2.24) is 19.9 Å². The Kier molecular flexibility index (Phi) is 7.44. The van der Waals surface area contributed by atoms with E-state index in [2.05, 4.69) is 19.9 Å². The fraction of sp³-hybridized carbons (Fsp3) is 0.250. The molecule has 5 rings (SSSR count). The van der Waals surface area contributed by atoms with E-state index in [0.717, 1.165) is 4.90 Å². The monoisotopic (exact) mass is 565 g/mol. The Morgan fingerprint density at radius 1 is 1.10 bits per heavy atom. The van der Waals surface area contributed by atoms with E-state index in [9.17, 15) is 14.3 Å². The smallest absolute Gasteiger partial charge is 0.412 e. The van der Waals surface area contributed by atoms with Crippen molar-refractivity contribution >= 4 is 44.2 Å². The predicted octanol–water partition coefficient (Wildman–Crippen LogP) is 6.57. The Morgan fingerprint density at radius 3 is 2.52 bits per heavy atom. The van der Waals surface area contributed by atoms with Crippen molar-refractivity contribution in [3.63, 3.8) is 0 Å². The number of rotatable bonds is 8. The highest BCUT2D eigenvalue weighted by Crippen LogP contribution is 2.38. The first-order valence-corrected chi connectivity index (χ1v) is 13.1. The zero-order valence-electron chi connectivity index (χ0n) is 22.1. The van der Waals surface area contributed by atoms with Crippen LogP contribution in [0.1, 0.15) is 25.2 Å². The number of benzene rings is 2. The van der Waals surface area contributed by atoms with Crippen LogP contribution >= 0.6 is 11.3 Å². The summed E-state index contributed by atoms with van der Waals surface area (Å²) in [6, 6.07) is 7.27. The quantitative estimate of drug-likeness (QED) is 0.225. The van der Waals surface area contributed by atoms with Gasteiger partial charge in [-0.2, -0.15) is 0 Å². The molecule has 0 unspecified atom stereocenters. The third-order valence-corrected chi connectivity index (χ3v) is 7.58. The molecule has 0 radical (unpaired) electrons. The molecule has 1 amide bonds. The van der Waals surface area contributed by atoms with Crippen LogP contribution in [0.25, 0.3) is 31.7 Å². The summed E-state index contributed by atoms with van der Waals surface area (Å²) in [6.45, 7) is 4.34. The molecular weight excluding hydrogens is 540 g/mol. The van der Waals surface area contributed by atoms with Crippen molar-refractivity contribution in [2.45, 2.75) is 39.6 Å². The standard InChI is InChI=1S/C28H25F2N5O4S/c1-14(35(28(36)37)19-11-31-16(3)32-12-19)15(2)39-24-9-25-23(8-22(24)30)34-27(40-25)21-6-17(10-29)5-18-7-20(38-4)13-33-26(18)21/h5-9,11-15H,10H2,1-4H3,(H,36,37)/t14-,15+/m1/s1. The number of aryl methyl sites for hydroxylation is 1. The predicted molar refractivity (Wildman–Crippen MR) is 149 cm³/mol. The van der Waals surface area contributed by atoms with E-state index >= 15 is 4.39 Å². The van der Waals surface area contributed by atoms with Gasteiger partial charge in [0.1, 0.15) is 29.4 Å². The number of methoxy groups -OCH3 is 1. The van der Waals surface area contributed by atoms with Gasteiger partial charge in [-0.05, 0) is 44.5 Å². The van der Waals surface area contributed by atoms with E-state index in [1.54, 1.807) is 45.2 Å². The number of carboxylic acid groups (broad SMARTS) is 1. The molecule has 5 aromatic rings. The number of hydrogen-bond donors (Lipinski definition) is 1. The molecule has 0 fully saturated rings. The zero-order chi connectivity index (χ0) is 28.6. The van der Waals surface area contributed by atoms with Gasteiger partial charge in [-0.1, -0.05) is 0 Å².